The number of nitrogens with one attached hydrogen (secondary N) is 2. The number of aromatic amines is 2. The Bertz CT molecular complexity index is 1100. The molecule has 1 aliphatic rings. The van der Waals surface area contributed by atoms with Gasteiger partial charge >= 0.3 is 5.69 Å². The lowest BCUT2D eigenvalue weighted by Gasteiger charge is -2.07. The molecular formula is C19H17ClN4O2. The van der Waals surface area contributed by atoms with Crippen LogP contribution in [0.3, 0.4) is 0 Å². The predicted molar refractivity (Wildman–Crippen MR) is 99.7 cm³/mol. The monoisotopic (exact) mass is 368 g/mol. The van der Waals surface area contributed by atoms with Crippen LogP contribution in [0.5, 0.6) is 0 Å². The Balaban J connectivity index is 1.70. The minimum Gasteiger partial charge on any atom is -0.313 e. The Morgan fingerprint density at radius 2 is 1.77 bits per heavy atom. The molecule has 0 bridgehead atoms. The average molecular weight is 369 g/mol. The van der Waals surface area contributed by atoms with Crippen LogP contribution in [0, 0.1) is 13.8 Å². The van der Waals surface area contributed by atoms with E-state index in [2.05, 4.69) is 52.2 Å². The van der Waals surface area contributed by atoms with Crippen molar-refractivity contribution in [2.75, 3.05) is 0 Å². The first-order valence-electron chi connectivity index (χ1n) is 8.36. The Morgan fingerprint density at radius 3 is 2.46 bits per heavy atom. The molecular weight excluding hydrogens is 352 g/mol. The summed E-state index contributed by atoms with van der Waals surface area (Å²) in [5.41, 5.74) is 4.26. The first-order chi connectivity index (χ1) is 12.4. The quantitative estimate of drug-likeness (QED) is 0.743. The zero-order valence-corrected chi connectivity index (χ0v) is 15.1. The van der Waals surface area contributed by atoms with E-state index in [-0.39, 0.29) is 11.5 Å². The van der Waals surface area contributed by atoms with Crippen molar-refractivity contribution in [1.29, 1.82) is 0 Å². The maximum absolute atomic E-state index is 12.0. The van der Waals surface area contributed by atoms with Gasteiger partial charge in [-0.25, -0.2) is 4.79 Å². The Hall–Kier alpha value is -2.73. The summed E-state index contributed by atoms with van der Waals surface area (Å²) < 4.78 is 0. The second-order valence-electron chi connectivity index (χ2n) is 6.83. The molecule has 0 aliphatic heterocycles. The SMILES string of the molecule is Cc1cc(C)cc(C2CC2c2cc(-c3c[nH]c(=O)[nH]c3=O)nnc2Cl)c1. The summed E-state index contributed by atoms with van der Waals surface area (Å²) in [6, 6.07) is 8.36. The number of rotatable bonds is 3. The van der Waals surface area contributed by atoms with Gasteiger partial charge in [-0.05, 0) is 49.3 Å². The van der Waals surface area contributed by atoms with Gasteiger partial charge < -0.3 is 4.98 Å². The fourth-order valence-electron chi connectivity index (χ4n) is 3.51. The highest BCUT2D eigenvalue weighted by Crippen LogP contribution is 2.56. The van der Waals surface area contributed by atoms with Gasteiger partial charge in [0, 0.05) is 6.20 Å². The van der Waals surface area contributed by atoms with Gasteiger partial charge in [-0.2, -0.15) is 0 Å². The standard InChI is InChI=1S/C19H17ClN4O2/c1-9-3-10(2)5-11(4-9)12-6-13(12)14-7-16(23-24-17(14)20)15-8-21-19(26)22-18(15)25/h3-5,7-8,12-13H,6H2,1-2H3,(H2,21,22,25,26). The summed E-state index contributed by atoms with van der Waals surface area (Å²) in [7, 11) is 0. The molecule has 2 unspecified atom stereocenters. The molecule has 26 heavy (non-hydrogen) atoms. The molecule has 0 radical (unpaired) electrons. The van der Waals surface area contributed by atoms with Gasteiger partial charge in [0.05, 0.1) is 5.56 Å². The van der Waals surface area contributed by atoms with Gasteiger partial charge in [0.1, 0.15) is 5.69 Å². The van der Waals surface area contributed by atoms with E-state index in [0.717, 1.165) is 12.0 Å². The third-order valence-corrected chi connectivity index (χ3v) is 5.03. The molecule has 2 heterocycles. The maximum Gasteiger partial charge on any atom is 0.325 e. The normalized spacial score (nSPS) is 18.7. The molecule has 1 aromatic carbocycles. The molecule has 132 valence electrons. The second kappa shape index (κ2) is 6.21. The minimum absolute atomic E-state index is 0.250. The van der Waals surface area contributed by atoms with E-state index < -0.39 is 11.2 Å². The van der Waals surface area contributed by atoms with Crippen molar-refractivity contribution in [2.45, 2.75) is 32.1 Å². The van der Waals surface area contributed by atoms with Crippen molar-refractivity contribution in [3.63, 3.8) is 0 Å². The maximum atomic E-state index is 12.0. The third kappa shape index (κ3) is 3.08. The number of hydrogen-bond donors (Lipinski definition) is 2. The summed E-state index contributed by atoms with van der Waals surface area (Å²) in [5.74, 6) is 0.636. The smallest absolute Gasteiger partial charge is 0.313 e. The molecule has 2 atom stereocenters. The van der Waals surface area contributed by atoms with E-state index in [1.165, 1.54) is 22.9 Å². The van der Waals surface area contributed by atoms with Crippen LogP contribution in [0.15, 0.2) is 40.1 Å². The van der Waals surface area contributed by atoms with E-state index in [9.17, 15) is 9.59 Å². The van der Waals surface area contributed by atoms with E-state index in [1.807, 2.05) is 0 Å². The number of halogens is 1. The van der Waals surface area contributed by atoms with Crippen LogP contribution in [0.4, 0.5) is 0 Å². The lowest BCUT2D eigenvalue weighted by molar-refractivity contribution is 0.950. The van der Waals surface area contributed by atoms with E-state index in [1.54, 1.807) is 6.07 Å². The van der Waals surface area contributed by atoms with Crippen molar-refractivity contribution in [2.24, 2.45) is 0 Å². The highest BCUT2D eigenvalue weighted by Gasteiger charge is 2.41. The van der Waals surface area contributed by atoms with Crippen molar-refractivity contribution in [1.82, 2.24) is 20.2 Å². The van der Waals surface area contributed by atoms with Crippen LogP contribution < -0.4 is 11.2 Å². The van der Waals surface area contributed by atoms with Gasteiger partial charge in [0.25, 0.3) is 5.56 Å². The number of benzene rings is 1. The topological polar surface area (TPSA) is 91.5 Å². The summed E-state index contributed by atoms with van der Waals surface area (Å²) in [6.07, 6.45) is 2.33. The number of aromatic nitrogens is 4. The lowest BCUT2D eigenvalue weighted by atomic mass is 10.0. The zero-order chi connectivity index (χ0) is 18.4. The van der Waals surface area contributed by atoms with E-state index in [4.69, 9.17) is 11.6 Å². The molecule has 2 N–H and O–H groups in total. The Kier molecular flexibility index (Phi) is 4.00. The summed E-state index contributed by atoms with van der Waals surface area (Å²) in [4.78, 5) is 27.9. The van der Waals surface area contributed by atoms with Crippen molar-refractivity contribution in [3.05, 3.63) is 78.7 Å². The molecule has 0 saturated heterocycles. The minimum atomic E-state index is -0.557. The van der Waals surface area contributed by atoms with Gasteiger partial charge in [-0.1, -0.05) is 40.9 Å². The van der Waals surface area contributed by atoms with Crippen molar-refractivity contribution >= 4 is 11.6 Å². The molecule has 1 aliphatic carbocycles. The van der Waals surface area contributed by atoms with Crippen LogP contribution in [-0.2, 0) is 0 Å². The summed E-state index contributed by atoms with van der Waals surface area (Å²) >= 11 is 6.28. The average Bonchev–Trinajstić information content (AvgIpc) is 3.35. The number of nitrogens with zero attached hydrogens (tertiary/aromatic N) is 2. The molecule has 3 aromatic rings. The second-order valence-corrected chi connectivity index (χ2v) is 7.19. The summed E-state index contributed by atoms with van der Waals surface area (Å²) in [5, 5.41) is 8.38. The van der Waals surface area contributed by atoms with Gasteiger partial charge in [-0.3, -0.25) is 9.78 Å². The van der Waals surface area contributed by atoms with Crippen molar-refractivity contribution < 1.29 is 0 Å². The molecule has 4 rings (SSSR count). The fraction of sp³-hybridized carbons (Fsp3) is 0.263. The molecule has 7 heteroatoms. The predicted octanol–water partition coefficient (Wildman–Crippen LogP) is 3.06. The largest absolute Gasteiger partial charge is 0.325 e. The first kappa shape index (κ1) is 16.7. The fourth-order valence-corrected chi connectivity index (χ4v) is 3.75. The Labute approximate surface area is 154 Å². The molecule has 2 aromatic heterocycles. The van der Waals surface area contributed by atoms with Crippen LogP contribution in [0.25, 0.3) is 11.3 Å². The molecule has 0 amide bonds. The van der Waals surface area contributed by atoms with E-state index in [0.29, 0.717) is 16.8 Å². The molecule has 6 nitrogen and oxygen atoms in total. The van der Waals surface area contributed by atoms with Crippen LogP contribution in [0.2, 0.25) is 5.15 Å². The molecule has 1 saturated carbocycles. The number of hydrogen-bond acceptors (Lipinski definition) is 4. The van der Waals surface area contributed by atoms with Gasteiger partial charge in [0.15, 0.2) is 5.15 Å². The summed E-state index contributed by atoms with van der Waals surface area (Å²) in [6.45, 7) is 4.19. The third-order valence-electron chi connectivity index (χ3n) is 4.73. The van der Waals surface area contributed by atoms with Crippen molar-refractivity contribution in [3.8, 4) is 11.3 Å². The van der Waals surface area contributed by atoms with Gasteiger partial charge in [-0.15, -0.1) is 10.2 Å². The van der Waals surface area contributed by atoms with E-state index >= 15 is 0 Å². The number of aryl methyl sites for hydroxylation is 2. The highest BCUT2D eigenvalue weighted by molar-refractivity contribution is 6.30. The number of H-pyrrole nitrogens is 2. The Morgan fingerprint density at radius 1 is 1.04 bits per heavy atom. The molecule has 0 spiro atoms. The van der Waals surface area contributed by atoms with Gasteiger partial charge in [0.2, 0.25) is 0 Å². The zero-order valence-electron chi connectivity index (χ0n) is 14.3. The molecule has 1 fully saturated rings. The highest BCUT2D eigenvalue weighted by atomic mass is 35.5. The van der Waals surface area contributed by atoms with Crippen LogP contribution in [0.1, 0.15) is 40.5 Å². The lowest BCUT2D eigenvalue weighted by Crippen LogP contribution is -2.23. The van der Waals surface area contributed by atoms with Crippen LogP contribution >= 0.6 is 11.6 Å². The first-order valence-corrected chi connectivity index (χ1v) is 8.74. The van der Waals surface area contributed by atoms with Crippen LogP contribution in [-0.4, -0.2) is 20.2 Å².